The van der Waals surface area contributed by atoms with Gasteiger partial charge in [0.25, 0.3) is 0 Å². The van der Waals surface area contributed by atoms with Gasteiger partial charge in [-0.15, -0.1) is 0 Å². The van der Waals surface area contributed by atoms with E-state index in [1.54, 1.807) is 0 Å². The largest absolute Gasteiger partial charge is 0.258 e. The van der Waals surface area contributed by atoms with Crippen molar-refractivity contribution in [2.45, 2.75) is 13.8 Å². The molecule has 0 aliphatic carbocycles. The Morgan fingerprint density at radius 1 is 0.226 bits per heavy atom. The summed E-state index contributed by atoms with van der Waals surface area (Å²) in [6.07, 6.45) is 0. The molecule has 0 atom stereocenters. The summed E-state index contributed by atoms with van der Waals surface area (Å²) in [7, 11) is 0. The number of aryl methyl sites for hydroxylation is 2. The molecule has 0 amide bonds. The molecule has 62 heavy (non-hydrogen) atoms. The van der Waals surface area contributed by atoms with Crippen LogP contribution in [-0.4, -0.2) is 34.9 Å². The molecule has 0 N–H and O–H groups in total. The Labute approximate surface area is 360 Å². The molecule has 294 valence electrons. The SMILES string of the molecule is Cc1ccc(-c2cc(-c3cccc(-c4nc(-c5ccccc5)nc(-c5ccccc5)n4)c3)cc(-c3ccccc3-c3nc(-c4ccccc4)nc(-c4ccccc4)n3)c2)c(C)n1. The van der Waals surface area contributed by atoms with E-state index >= 15 is 0 Å². The number of benzene rings is 7. The summed E-state index contributed by atoms with van der Waals surface area (Å²) in [6, 6.07) is 68.0. The van der Waals surface area contributed by atoms with Crippen molar-refractivity contribution in [3.8, 4) is 102 Å². The molecule has 7 nitrogen and oxygen atoms in total. The third-order valence-electron chi connectivity index (χ3n) is 10.8. The van der Waals surface area contributed by atoms with Crippen molar-refractivity contribution in [2.75, 3.05) is 0 Å². The van der Waals surface area contributed by atoms with Gasteiger partial charge in [0, 0.05) is 50.3 Å². The van der Waals surface area contributed by atoms with Crippen molar-refractivity contribution in [3.63, 3.8) is 0 Å². The maximum absolute atomic E-state index is 5.12. The molecular formula is C55H39N7. The number of aromatic nitrogens is 7. The second-order valence-corrected chi connectivity index (χ2v) is 15.1. The van der Waals surface area contributed by atoms with Crippen molar-refractivity contribution in [1.29, 1.82) is 0 Å². The van der Waals surface area contributed by atoms with Gasteiger partial charge in [-0.2, -0.15) is 0 Å². The van der Waals surface area contributed by atoms with Crippen LogP contribution in [0, 0.1) is 13.8 Å². The monoisotopic (exact) mass is 797 g/mol. The van der Waals surface area contributed by atoms with Crippen molar-refractivity contribution >= 4 is 0 Å². The Kier molecular flexibility index (Phi) is 10.3. The number of pyridine rings is 1. The van der Waals surface area contributed by atoms with Crippen LogP contribution in [0.3, 0.4) is 0 Å². The topological polar surface area (TPSA) is 90.2 Å². The van der Waals surface area contributed by atoms with Crippen molar-refractivity contribution < 1.29 is 0 Å². The highest BCUT2D eigenvalue weighted by molar-refractivity contribution is 5.88. The standard InChI is InChI=1S/C55H39N7/c1-36-30-31-47(37(2)56-36)45-33-44(42-26-17-27-43(32-42)54-59-50(38-18-7-3-8-19-38)57-51(60-54)39-20-9-4-10-21-39)34-46(35-45)48-28-15-16-29-49(48)55-61-52(40-22-11-5-12-23-40)58-53(62-55)41-24-13-6-14-25-41/h3-35H,1-2H3. The molecule has 3 aromatic heterocycles. The van der Waals surface area contributed by atoms with Gasteiger partial charge in [-0.25, -0.2) is 29.9 Å². The van der Waals surface area contributed by atoms with E-state index in [0.717, 1.165) is 78.1 Å². The molecule has 10 rings (SSSR count). The number of hydrogen-bond acceptors (Lipinski definition) is 7. The van der Waals surface area contributed by atoms with Crippen LogP contribution in [0.4, 0.5) is 0 Å². The Bertz CT molecular complexity index is 3080. The van der Waals surface area contributed by atoms with Crippen molar-refractivity contribution in [3.05, 3.63) is 212 Å². The lowest BCUT2D eigenvalue weighted by Crippen LogP contribution is -2.01. The van der Waals surface area contributed by atoms with Gasteiger partial charge in [0.1, 0.15) is 0 Å². The minimum absolute atomic E-state index is 0.591. The van der Waals surface area contributed by atoms with Crippen molar-refractivity contribution in [1.82, 2.24) is 34.9 Å². The first-order valence-corrected chi connectivity index (χ1v) is 20.6. The maximum Gasteiger partial charge on any atom is 0.164 e. The first-order chi connectivity index (χ1) is 30.5. The van der Waals surface area contributed by atoms with E-state index in [1.807, 2.05) is 134 Å². The highest BCUT2D eigenvalue weighted by Gasteiger charge is 2.19. The number of nitrogens with zero attached hydrogens (tertiary/aromatic N) is 7. The molecule has 0 aliphatic heterocycles. The molecule has 0 saturated heterocycles. The van der Waals surface area contributed by atoms with Gasteiger partial charge in [-0.05, 0) is 72.0 Å². The third-order valence-corrected chi connectivity index (χ3v) is 10.8. The van der Waals surface area contributed by atoms with Crippen LogP contribution in [0.5, 0.6) is 0 Å². The van der Waals surface area contributed by atoms with Gasteiger partial charge in [-0.1, -0.05) is 170 Å². The smallest absolute Gasteiger partial charge is 0.164 e. The third kappa shape index (κ3) is 7.90. The second kappa shape index (κ2) is 16.8. The normalized spacial score (nSPS) is 11.1. The minimum Gasteiger partial charge on any atom is -0.258 e. The zero-order chi connectivity index (χ0) is 41.8. The van der Waals surface area contributed by atoms with E-state index in [0.29, 0.717) is 34.9 Å². The molecule has 7 heteroatoms. The average molecular weight is 798 g/mol. The summed E-state index contributed by atoms with van der Waals surface area (Å²) in [4.78, 5) is 35.1. The molecule has 0 radical (unpaired) electrons. The van der Waals surface area contributed by atoms with E-state index in [1.165, 1.54) is 0 Å². The number of rotatable bonds is 9. The average Bonchev–Trinajstić information content (AvgIpc) is 3.34. The van der Waals surface area contributed by atoms with Crippen LogP contribution in [0.15, 0.2) is 200 Å². The first-order valence-electron chi connectivity index (χ1n) is 20.6. The zero-order valence-corrected chi connectivity index (χ0v) is 34.2. The molecule has 3 heterocycles. The van der Waals surface area contributed by atoms with Gasteiger partial charge in [-0.3, -0.25) is 4.98 Å². The van der Waals surface area contributed by atoms with Crippen LogP contribution < -0.4 is 0 Å². The molecule has 10 aromatic rings. The fraction of sp³-hybridized carbons (Fsp3) is 0.0364. The van der Waals surface area contributed by atoms with Crippen LogP contribution in [-0.2, 0) is 0 Å². The van der Waals surface area contributed by atoms with Gasteiger partial charge in [0.05, 0.1) is 0 Å². The highest BCUT2D eigenvalue weighted by Crippen LogP contribution is 2.39. The predicted molar refractivity (Wildman–Crippen MR) is 249 cm³/mol. The first kappa shape index (κ1) is 37.9. The van der Waals surface area contributed by atoms with Gasteiger partial charge in [0.15, 0.2) is 34.9 Å². The fourth-order valence-electron chi connectivity index (χ4n) is 7.73. The van der Waals surface area contributed by atoms with E-state index in [-0.39, 0.29) is 0 Å². The quantitative estimate of drug-likeness (QED) is 0.144. The van der Waals surface area contributed by atoms with E-state index in [2.05, 4.69) is 79.7 Å². The number of hydrogen-bond donors (Lipinski definition) is 0. The van der Waals surface area contributed by atoms with Crippen LogP contribution in [0.2, 0.25) is 0 Å². The zero-order valence-electron chi connectivity index (χ0n) is 34.2. The molecule has 0 saturated carbocycles. The molecule has 0 spiro atoms. The van der Waals surface area contributed by atoms with E-state index in [4.69, 9.17) is 34.9 Å². The molecule has 0 bridgehead atoms. The summed E-state index contributed by atoms with van der Waals surface area (Å²) in [6.45, 7) is 4.09. The summed E-state index contributed by atoms with van der Waals surface area (Å²) in [5, 5.41) is 0. The molecular weight excluding hydrogens is 759 g/mol. The van der Waals surface area contributed by atoms with Gasteiger partial charge in [0.2, 0.25) is 0 Å². The Balaban J connectivity index is 1.14. The lowest BCUT2D eigenvalue weighted by Gasteiger charge is -2.16. The maximum atomic E-state index is 5.12. The summed E-state index contributed by atoms with van der Waals surface area (Å²) in [5.74, 6) is 3.65. The molecule has 0 unspecified atom stereocenters. The summed E-state index contributed by atoms with van der Waals surface area (Å²) < 4.78 is 0. The van der Waals surface area contributed by atoms with Gasteiger partial charge >= 0.3 is 0 Å². The van der Waals surface area contributed by atoms with E-state index in [9.17, 15) is 0 Å². The van der Waals surface area contributed by atoms with E-state index < -0.39 is 0 Å². The highest BCUT2D eigenvalue weighted by atomic mass is 15.0. The second-order valence-electron chi connectivity index (χ2n) is 15.1. The van der Waals surface area contributed by atoms with Crippen LogP contribution in [0.25, 0.3) is 102 Å². The lowest BCUT2D eigenvalue weighted by atomic mass is 9.90. The predicted octanol–water partition coefficient (Wildman–Crippen LogP) is 13.1. The lowest BCUT2D eigenvalue weighted by molar-refractivity contribution is 1.07. The minimum atomic E-state index is 0.591. The fourth-order valence-corrected chi connectivity index (χ4v) is 7.73. The van der Waals surface area contributed by atoms with Crippen molar-refractivity contribution in [2.24, 2.45) is 0 Å². The Morgan fingerprint density at radius 3 is 1.06 bits per heavy atom. The molecule has 0 fully saturated rings. The van der Waals surface area contributed by atoms with Gasteiger partial charge < -0.3 is 0 Å². The molecule has 7 aromatic carbocycles. The Morgan fingerprint density at radius 2 is 0.581 bits per heavy atom. The van der Waals surface area contributed by atoms with Crippen LogP contribution >= 0.6 is 0 Å². The Hall–Kier alpha value is -8.29. The summed E-state index contributed by atoms with van der Waals surface area (Å²) in [5.41, 5.74) is 13.5. The molecule has 0 aliphatic rings. The van der Waals surface area contributed by atoms with Crippen LogP contribution in [0.1, 0.15) is 11.4 Å². The summed E-state index contributed by atoms with van der Waals surface area (Å²) >= 11 is 0.